The van der Waals surface area contributed by atoms with E-state index in [0.717, 1.165) is 0 Å². The third-order valence-corrected chi connectivity index (χ3v) is 1.66. The van der Waals surface area contributed by atoms with Crippen LogP contribution >= 0.6 is 0 Å². The second-order valence-electron chi connectivity index (χ2n) is 2.79. The number of hydrogen-bond acceptors (Lipinski definition) is 3. The van der Waals surface area contributed by atoms with Gasteiger partial charge in [-0.25, -0.2) is 4.39 Å². The lowest BCUT2D eigenvalue weighted by molar-refractivity contribution is -0.123. The number of carbonyl (C=O) groups excluding carboxylic acids is 1. The lowest BCUT2D eigenvalue weighted by atomic mass is 10.3. The van der Waals surface area contributed by atoms with Gasteiger partial charge in [-0.05, 0) is 12.1 Å². The van der Waals surface area contributed by atoms with E-state index in [0.29, 0.717) is 0 Å². The Morgan fingerprint density at radius 1 is 1.47 bits per heavy atom. The zero-order valence-electron chi connectivity index (χ0n) is 8.07. The van der Waals surface area contributed by atoms with E-state index >= 15 is 0 Å². The molecule has 15 heavy (non-hydrogen) atoms. The summed E-state index contributed by atoms with van der Waals surface area (Å²) in [7, 11) is 0. The molecule has 1 aromatic carbocycles. The Bertz CT molecular complexity index is 330. The summed E-state index contributed by atoms with van der Waals surface area (Å²) in [6, 6.07) is 6.02. The minimum atomic E-state index is -0.556. The van der Waals surface area contributed by atoms with Crippen LogP contribution in [0.5, 0.6) is 5.75 Å². The van der Waals surface area contributed by atoms with E-state index in [4.69, 9.17) is 9.84 Å². The van der Waals surface area contributed by atoms with Crippen LogP contribution in [0, 0.1) is 5.82 Å². The van der Waals surface area contributed by atoms with Crippen molar-refractivity contribution in [3.05, 3.63) is 30.1 Å². The predicted octanol–water partition coefficient (Wildman–Crippen LogP) is 0.313. The van der Waals surface area contributed by atoms with Gasteiger partial charge in [-0.2, -0.15) is 0 Å². The maximum atomic E-state index is 13.0. The molecule has 0 aromatic heterocycles. The monoisotopic (exact) mass is 213 g/mol. The predicted molar refractivity (Wildman–Crippen MR) is 52.0 cm³/mol. The Morgan fingerprint density at radius 3 is 2.87 bits per heavy atom. The molecule has 0 aliphatic rings. The number of benzene rings is 1. The number of nitrogens with one attached hydrogen (secondary N) is 1. The first kappa shape index (κ1) is 11.5. The van der Waals surface area contributed by atoms with Gasteiger partial charge in [0.15, 0.2) is 11.6 Å². The Balaban J connectivity index is 2.26. The molecule has 0 saturated heterocycles. The fraction of sp³-hybridized carbons (Fsp3) is 0.300. The first-order chi connectivity index (χ1) is 7.24. The Kier molecular flexibility index (Phi) is 4.56. The zero-order valence-corrected chi connectivity index (χ0v) is 8.07. The number of aliphatic hydroxyl groups excluding tert-OH is 1. The quantitative estimate of drug-likeness (QED) is 0.692. The lowest BCUT2D eigenvalue weighted by Gasteiger charge is -2.07. The van der Waals surface area contributed by atoms with Crippen molar-refractivity contribution in [2.24, 2.45) is 0 Å². The molecule has 0 aliphatic heterocycles. The number of halogens is 1. The first-order valence-corrected chi connectivity index (χ1v) is 4.49. The van der Waals surface area contributed by atoms with Crippen molar-refractivity contribution in [1.29, 1.82) is 0 Å². The van der Waals surface area contributed by atoms with Gasteiger partial charge < -0.3 is 15.2 Å². The van der Waals surface area contributed by atoms with Crippen LogP contribution in [0.3, 0.4) is 0 Å². The van der Waals surface area contributed by atoms with Crippen molar-refractivity contribution < 1.29 is 19.0 Å². The summed E-state index contributed by atoms with van der Waals surface area (Å²) in [6.07, 6.45) is 0. The van der Waals surface area contributed by atoms with E-state index in [1.165, 1.54) is 12.1 Å². The van der Waals surface area contributed by atoms with Crippen molar-refractivity contribution in [2.45, 2.75) is 0 Å². The zero-order chi connectivity index (χ0) is 11.1. The number of ether oxygens (including phenoxy) is 1. The summed E-state index contributed by atoms with van der Waals surface area (Å²) in [5, 5.41) is 10.8. The molecular formula is C10H12FNO3. The number of amides is 1. The van der Waals surface area contributed by atoms with Gasteiger partial charge in [0.05, 0.1) is 6.54 Å². The highest BCUT2D eigenvalue weighted by atomic mass is 19.1. The molecule has 0 aliphatic carbocycles. The van der Waals surface area contributed by atoms with Gasteiger partial charge in [0.1, 0.15) is 13.2 Å². The van der Waals surface area contributed by atoms with Crippen molar-refractivity contribution >= 4 is 5.91 Å². The van der Waals surface area contributed by atoms with Crippen LogP contribution in [0.15, 0.2) is 24.3 Å². The number of hydrogen-bond donors (Lipinski definition) is 2. The maximum Gasteiger partial charge on any atom is 0.245 e. The standard InChI is InChI=1S/C10H12FNO3/c11-8-3-1-2-4-9(8)15-6-5-12-10(14)7-13/h1-4,13H,5-7H2,(H,12,14). The third kappa shape index (κ3) is 3.95. The Hall–Kier alpha value is -1.62. The van der Waals surface area contributed by atoms with Gasteiger partial charge in [0.2, 0.25) is 5.91 Å². The van der Waals surface area contributed by atoms with Crippen LogP contribution in [-0.4, -0.2) is 30.8 Å². The summed E-state index contributed by atoms with van der Waals surface area (Å²) in [5.74, 6) is -0.770. The average Bonchev–Trinajstić information content (AvgIpc) is 2.26. The van der Waals surface area contributed by atoms with E-state index < -0.39 is 18.3 Å². The first-order valence-electron chi connectivity index (χ1n) is 4.49. The molecule has 5 heteroatoms. The second-order valence-corrected chi connectivity index (χ2v) is 2.79. The van der Waals surface area contributed by atoms with Gasteiger partial charge in [-0.1, -0.05) is 12.1 Å². The van der Waals surface area contributed by atoms with Gasteiger partial charge in [-0.3, -0.25) is 4.79 Å². The highest BCUT2D eigenvalue weighted by Gasteiger charge is 2.01. The number of carbonyl (C=O) groups is 1. The van der Waals surface area contributed by atoms with Crippen molar-refractivity contribution in [1.82, 2.24) is 5.32 Å². The number of rotatable bonds is 5. The van der Waals surface area contributed by atoms with Crippen molar-refractivity contribution in [3.63, 3.8) is 0 Å². The van der Waals surface area contributed by atoms with Crippen LogP contribution in [0.1, 0.15) is 0 Å². The third-order valence-electron chi connectivity index (χ3n) is 1.66. The summed E-state index contributed by atoms with van der Waals surface area (Å²) in [5.41, 5.74) is 0. The summed E-state index contributed by atoms with van der Waals surface area (Å²) in [4.78, 5) is 10.6. The number of aliphatic hydroxyl groups is 1. The van der Waals surface area contributed by atoms with Crippen LogP contribution in [-0.2, 0) is 4.79 Å². The largest absolute Gasteiger partial charge is 0.489 e. The van der Waals surface area contributed by atoms with E-state index in [1.807, 2.05) is 0 Å². The highest BCUT2D eigenvalue weighted by Crippen LogP contribution is 2.14. The molecule has 0 unspecified atom stereocenters. The molecule has 82 valence electrons. The van der Waals surface area contributed by atoms with Crippen LogP contribution in [0.4, 0.5) is 4.39 Å². The molecule has 0 bridgehead atoms. The topological polar surface area (TPSA) is 58.6 Å². The second kappa shape index (κ2) is 5.98. The normalized spacial score (nSPS) is 9.73. The molecular weight excluding hydrogens is 201 g/mol. The van der Waals surface area contributed by atoms with E-state index in [2.05, 4.69) is 5.32 Å². The van der Waals surface area contributed by atoms with E-state index in [-0.39, 0.29) is 18.9 Å². The minimum absolute atomic E-state index is 0.149. The molecule has 0 fully saturated rings. The summed E-state index contributed by atoms with van der Waals surface area (Å²) >= 11 is 0. The van der Waals surface area contributed by atoms with E-state index in [9.17, 15) is 9.18 Å². The van der Waals surface area contributed by atoms with Gasteiger partial charge >= 0.3 is 0 Å². The smallest absolute Gasteiger partial charge is 0.245 e. The summed E-state index contributed by atoms with van der Waals surface area (Å²) in [6.45, 7) is -0.167. The molecule has 0 radical (unpaired) electrons. The molecule has 0 spiro atoms. The molecule has 0 saturated carbocycles. The Morgan fingerprint density at radius 2 is 2.20 bits per heavy atom. The van der Waals surface area contributed by atoms with Crippen LogP contribution in [0.25, 0.3) is 0 Å². The summed E-state index contributed by atoms with van der Waals surface area (Å²) < 4.78 is 18.0. The lowest BCUT2D eigenvalue weighted by Crippen LogP contribution is -2.30. The molecule has 0 heterocycles. The minimum Gasteiger partial charge on any atom is -0.489 e. The molecule has 1 rings (SSSR count). The van der Waals surface area contributed by atoms with Gasteiger partial charge in [-0.15, -0.1) is 0 Å². The van der Waals surface area contributed by atoms with Crippen molar-refractivity contribution in [3.8, 4) is 5.75 Å². The number of para-hydroxylation sites is 1. The highest BCUT2D eigenvalue weighted by molar-refractivity contribution is 5.76. The van der Waals surface area contributed by atoms with Crippen LogP contribution in [0.2, 0.25) is 0 Å². The molecule has 2 N–H and O–H groups in total. The van der Waals surface area contributed by atoms with Gasteiger partial charge in [0.25, 0.3) is 0 Å². The van der Waals surface area contributed by atoms with E-state index in [1.54, 1.807) is 12.1 Å². The molecule has 0 atom stereocenters. The average molecular weight is 213 g/mol. The molecule has 1 aromatic rings. The SMILES string of the molecule is O=C(CO)NCCOc1ccccc1F. The molecule has 4 nitrogen and oxygen atoms in total. The molecule has 1 amide bonds. The Labute approximate surface area is 86.7 Å². The van der Waals surface area contributed by atoms with Crippen LogP contribution < -0.4 is 10.1 Å². The maximum absolute atomic E-state index is 13.0. The van der Waals surface area contributed by atoms with Gasteiger partial charge in [0, 0.05) is 0 Å². The van der Waals surface area contributed by atoms with Crippen molar-refractivity contribution in [2.75, 3.05) is 19.8 Å². The fourth-order valence-corrected chi connectivity index (χ4v) is 0.969. The fourth-order valence-electron chi connectivity index (χ4n) is 0.969.